The van der Waals surface area contributed by atoms with Gasteiger partial charge in [-0.15, -0.1) is 23.2 Å². The van der Waals surface area contributed by atoms with Gasteiger partial charge in [-0.25, -0.2) is 0 Å². The van der Waals surface area contributed by atoms with Gasteiger partial charge in [0.15, 0.2) is 4.33 Å². The lowest BCUT2D eigenvalue weighted by molar-refractivity contribution is -0.143. The van der Waals surface area contributed by atoms with E-state index in [-0.39, 0.29) is 16.5 Å². The van der Waals surface area contributed by atoms with Crippen LogP contribution in [0.1, 0.15) is 6.42 Å². The van der Waals surface area contributed by atoms with Crippen LogP contribution in [0.3, 0.4) is 0 Å². The lowest BCUT2D eigenvalue weighted by atomic mass is 9.78. The highest BCUT2D eigenvalue weighted by atomic mass is 35.5. The first-order valence-corrected chi connectivity index (χ1v) is 8.48. The number of fused-ring (bicyclic) bond motifs is 5. The summed E-state index contributed by atoms with van der Waals surface area (Å²) in [5.41, 5.74) is 0. The molecule has 3 rings (SSSR count). The quantitative estimate of drug-likeness (QED) is 0.655. The average molecular weight is 429 g/mol. The minimum atomic E-state index is -1.92. The van der Waals surface area contributed by atoms with Gasteiger partial charge in [0, 0.05) is 11.8 Å². The van der Waals surface area contributed by atoms with Gasteiger partial charge < -0.3 is 10.2 Å². The van der Waals surface area contributed by atoms with Gasteiger partial charge in [-0.05, 0) is 6.42 Å². The first-order valence-electron chi connectivity index (χ1n) is 6.21. The monoisotopic (exact) mass is 426 g/mol. The van der Waals surface area contributed by atoms with E-state index in [1.165, 1.54) is 0 Å². The van der Waals surface area contributed by atoms with Crippen LogP contribution in [0.5, 0.6) is 0 Å². The smallest absolute Gasteiger partial charge is 0.306 e. The summed E-state index contributed by atoms with van der Waals surface area (Å²) in [7, 11) is 0. The van der Waals surface area contributed by atoms with Gasteiger partial charge in [0.1, 0.15) is 9.75 Å². The maximum Gasteiger partial charge on any atom is 0.306 e. The number of carboxylic acids is 2. The minimum absolute atomic E-state index is 0.116. The second kappa shape index (κ2) is 4.74. The second-order valence-corrected chi connectivity index (χ2v) is 9.08. The van der Waals surface area contributed by atoms with Crippen molar-refractivity contribution in [2.45, 2.75) is 20.5 Å². The molecular formula is C12H8Cl6O4. The summed E-state index contributed by atoms with van der Waals surface area (Å²) < 4.78 is -1.92. The maximum atomic E-state index is 11.6. The van der Waals surface area contributed by atoms with Crippen LogP contribution in [-0.4, -0.2) is 36.2 Å². The number of aliphatic carboxylic acids is 2. The van der Waals surface area contributed by atoms with E-state index in [1.807, 2.05) is 0 Å². The number of halogens is 6. The number of alkyl halides is 4. The third-order valence-corrected chi connectivity index (χ3v) is 9.35. The molecule has 22 heavy (non-hydrogen) atoms. The zero-order valence-corrected chi connectivity index (χ0v) is 15.0. The summed E-state index contributed by atoms with van der Waals surface area (Å²) in [5.74, 6) is -6.43. The SMILES string of the molecule is O=C(O)[C@H]1C[C@@H](C(=O)O)C2C1C1(Cl)C(Cl)=C(Cl)C2(Cl)C1(Cl)Cl. The van der Waals surface area contributed by atoms with Crippen LogP contribution in [0.4, 0.5) is 0 Å². The fourth-order valence-electron chi connectivity index (χ4n) is 4.20. The number of carboxylic acid groups (broad SMARTS) is 2. The first kappa shape index (κ1) is 17.2. The normalized spacial score (nSPS) is 48.6. The van der Waals surface area contributed by atoms with Gasteiger partial charge in [-0.1, -0.05) is 46.4 Å². The molecule has 2 fully saturated rings. The molecule has 0 heterocycles. The van der Waals surface area contributed by atoms with E-state index in [1.54, 1.807) is 0 Å². The van der Waals surface area contributed by atoms with Crippen molar-refractivity contribution < 1.29 is 19.8 Å². The molecule has 122 valence electrons. The number of rotatable bonds is 2. The largest absolute Gasteiger partial charge is 0.481 e. The van der Waals surface area contributed by atoms with Crippen molar-refractivity contribution in [2.75, 3.05) is 0 Å². The lowest BCUT2D eigenvalue weighted by Gasteiger charge is -2.35. The molecule has 0 saturated heterocycles. The molecule has 0 aromatic carbocycles. The zero-order valence-electron chi connectivity index (χ0n) is 10.5. The Morgan fingerprint density at radius 1 is 0.864 bits per heavy atom. The summed E-state index contributed by atoms with van der Waals surface area (Å²) in [6.07, 6.45) is -0.138. The lowest BCUT2D eigenvalue weighted by Crippen LogP contribution is -2.47. The van der Waals surface area contributed by atoms with Crippen molar-refractivity contribution in [3.8, 4) is 0 Å². The van der Waals surface area contributed by atoms with Gasteiger partial charge in [0.2, 0.25) is 0 Å². The summed E-state index contributed by atoms with van der Waals surface area (Å²) in [5, 5.41) is 18.6. The molecule has 3 aliphatic rings. The van der Waals surface area contributed by atoms with Crippen LogP contribution in [0, 0.1) is 23.7 Å². The molecule has 6 atom stereocenters. The predicted octanol–water partition coefficient (Wildman–Crippen LogP) is 3.87. The van der Waals surface area contributed by atoms with E-state index in [2.05, 4.69) is 0 Å². The summed E-state index contributed by atoms with van der Waals surface area (Å²) in [4.78, 5) is 19.6. The van der Waals surface area contributed by atoms with E-state index in [9.17, 15) is 19.8 Å². The minimum Gasteiger partial charge on any atom is -0.481 e. The Hall–Kier alpha value is 0.420. The Kier molecular flexibility index (Phi) is 3.71. The maximum absolute atomic E-state index is 11.6. The molecule has 2 bridgehead atoms. The predicted molar refractivity (Wildman–Crippen MR) is 84.2 cm³/mol. The zero-order chi connectivity index (χ0) is 16.8. The summed E-state index contributed by atoms with van der Waals surface area (Å²) >= 11 is 38.1. The Morgan fingerprint density at radius 2 is 1.18 bits per heavy atom. The van der Waals surface area contributed by atoms with Crippen molar-refractivity contribution in [2.24, 2.45) is 23.7 Å². The summed E-state index contributed by atoms with van der Waals surface area (Å²) in [6.45, 7) is 0. The Morgan fingerprint density at radius 3 is 1.45 bits per heavy atom. The van der Waals surface area contributed by atoms with Crippen LogP contribution >= 0.6 is 69.6 Å². The molecule has 2 saturated carbocycles. The van der Waals surface area contributed by atoms with Crippen LogP contribution in [0.15, 0.2) is 10.1 Å². The molecule has 0 aliphatic heterocycles. The molecule has 0 radical (unpaired) electrons. The molecule has 4 nitrogen and oxygen atoms in total. The fraction of sp³-hybridized carbons (Fsp3) is 0.667. The van der Waals surface area contributed by atoms with Gasteiger partial charge in [-0.3, -0.25) is 9.59 Å². The molecular weight excluding hydrogens is 421 g/mol. The Balaban J connectivity index is 2.29. The van der Waals surface area contributed by atoms with E-state index in [0.717, 1.165) is 0 Å². The topological polar surface area (TPSA) is 74.6 Å². The highest BCUT2D eigenvalue weighted by Gasteiger charge is 2.86. The van der Waals surface area contributed by atoms with Gasteiger partial charge in [0.05, 0.1) is 21.9 Å². The summed E-state index contributed by atoms with van der Waals surface area (Å²) in [6, 6.07) is 0. The molecule has 10 heteroatoms. The second-order valence-electron chi connectivity index (χ2n) is 5.80. The van der Waals surface area contributed by atoms with Crippen LogP contribution in [-0.2, 0) is 9.59 Å². The van der Waals surface area contributed by atoms with Crippen molar-refractivity contribution in [1.82, 2.24) is 0 Å². The average Bonchev–Trinajstić information content (AvgIpc) is 2.91. The van der Waals surface area contributed by atoms with Crippen LogP contribution in [0.2, 0.25) is 0 Å². The van der Waals surface area contributed by atoms with E-state index >= 15 is 0 Å². The van der Waals surface area contributed by atoms with Gasteiger partial charge in [-0.2, -0.15) is 0 Å². The molecule has 0 amide bonds. The molecule has 0 aromatic rings. The molecule has 2 N–H and O–H groups in total. The highest BCUT2D eigenvalue weighted by molar-refractivity contribution is 6.65. The first-order chi connectivity index (χ1) is 9.94. The van der Waals surface area contributed by atoms with E-state index in [4.69, 9.17) is 69.6 Å². The highest BCUT2D eigenvalue weighted by Crippen LogP contribution is 2.80. The number of allylic oxidation sites excluding steroid dienone is 2. The standard InChI is InChI=1S/C12H8Cl6O4/c13-6-7(14)11(16)5-3(9(21)22)1-2(8(19)20)4(5)10(6,15)12(11,17)18/h2-5H,1H2,(H,19,20)(H,21,22)/t2-,3+,4?,5?,10?,11?. The van der Waals surface area contributed by atoms with Crippen molar-refractivity contribution in [3.63, 3.8) is 0 Å². The van der Waals surface area contributed by atoms with Crippen molar-refractivity contribution >= 4 is 81.5 Å². The Labute approximate surface area is 155 Å². The van der Waals surface area contributed by atoms with Gasteiger partial charge >= 0.3 is 11.9 Å². The molecule has 0 spiro atoms. The van der Waals surface area contributed by atoms with Crippen LogP contribution < -0.4 is 0 Å². The third-order valence-electron chi connectivity index (χ3n) is 5.06. The van der Waals surface area contributed by atoms with Crippen LogP contribution in [0.25, 0.3) is 0 Å². The van der Waals surface area contributed by atoms with E-state index in [0.29, 0.717) is 0 Å². The Bertz CT molecular complexity index is 583. The molecule has 0 aromatic heterocycles. The third kappa shape index (κ3) is 1.55. The van der Waals surface area contributed by atoms with Gasteiger partial charge in [0.25, 0.3) is 0 Å². The number of hydrogen-bond donors (Lipinski definition) is 2. The van der Waals surface area contributed by atoms with Crippen molar-refractivity contribution in [1.29, 1.82) is 0 Å². The van der Waals surface area contributed by atoms with E-state index < -0.39 is 49.7 Å². The van der Waals surface area contributed by atoms with Crippen molar-refractivity contribution in [3.05, 3.63) is 10.1 Å². The molecule has 3 aliphatic carbocycles. The number of carbonyl (C=O) groups is 2. The molecule has 4 unspecified atom stereocenters. The number of hydrogen-bond acceptors (Lipinski definition) is 2. The fourth-order valence-corrected chi connectivity index (χ4v) is 7.31.